The summed E-state index contributed by atoms with van der Waals surface area (Å²) in [6.07, 6.45) is 0.673. The van der Waals surface area contributed by atoms with Crippen LogP contribution < -0.4 is 11.2 Å². The molecule has 5 rings (SSSR count). The van der Waals surface area contributed by atoms with Crippen LogP contribution in [0.3, 0.4) is 0 Å². The van der Waals surface area contributed by atoms with E-state index in [2.05, 4.69) is 22.0 Å². The molecule has 0 unspecified atom stereocenters. The number of aromatic amines is 1. The minimum Gasteiger partial charge on any atom is -0.349 e. The van der Waals surface area contributed by atoms with Gasteiger partial charge in [-0.3, -0.25) is 18.8 Å². The van der Waals surface area contributed by atoms with Gasteiger partial charge >= 0.3 is 5.69 Å². The van der Waals surface area contributed by atoms with Gasteiger partial charge in [-0.25, -0.2) is 13.2 Å². The van der Waals surface area contributed by atoms with Gasteiger partial charge in [0.05, 0.1) is 10.4 Å². The summed E-state index contributed by atoms with van der Waals surface area (Å²) in [7, 11) is -1.97. The van der Waals surface area contributed by atoms with E-state index in [9.17, 15) is 18.0 Å². The van der Waals surface area contributed by atoms with Gasteiger partial charge in [0.15, 0.2) is 0 Å². The largest absolute Gasteiger partial charge is 0.349 e. The maximum atomic E-state index is 13.3. The molecule has 4 aromatic rings. The van der Waals surface area contributed by atoms with Gasteiger partial charge < -0.3 is 4.98 Å². The maximum Gasteiger partial charge on any atom is 0.331 e. The predicted molar refractivity (Wildman–Crippen MR) is 144 cm³/mol. The first-order valence-corrected chi connectivity index (χ1v) is 13.9. The molecule has 9 nitrogen and oxygen atoms in total. The minimum absolute atomic E-state index is 0.238. The summed E-state index contributed by atoms with van der Waals surface area (Å²) in [5.41, 5.74) is 2.77. The van der Waals surface area contributed by atoms with E-state index >= 15 is 0 Å². The van der Waals surface area contributed by atoms with Crippen LogP contribution in [0.4, 0.5) is 0 Å². The standard InChI is InChI=1S/C27H31N5O4S/c1-3-13-32-26(33)25-24(29(2)27(32)34)18-23(28-25)21-9-11-22(12-10-21)37(35,36)31-16-14-30(15-17-31)19-20-7-5-4-6-8-20/h4-12,18,28H,3,13-17,19H2,1-2H3. The fourth-order valence-corrected chi connectivity index (χ4v) is 6.30. The maximum absolute atomic E-state index is 13.3. The van der Waals surface area contributed by atoms with E-state index in [-0.39, 0.29) is 16.1 Å². The summed E-state index contributed by atoms with van der Waals surface area (Å²) in [5.74, 6) is 0. The van der Waals surface area contributed by atoms with E-state index in [1.165, 1.54) is 14.7 Å². The van der Waals surface area contributed by atoms with E-state index in [1.807, 2.05) is 25.1 Å². The second-order valence-electron chi connectivity index (χ2n) is 9.43. The third kappa shape index (κ3) is 4.79. The second-order valence-corrected chi connectivity index (χ2v) is 11.4. The Morgan fingerprint density at radius 2 is 1.59 bits per heavy atom. The molecule has 1 aliphatic rings. The second kappa shape index (κ2) is 10.1. The van der Waals surface area contributed by atoms with Gasteiger partial charge in [0.2, 0.25) is 10.0 Å². The lowest BCUT2D eigenvalue weighted by molar-refractivity contribution is 0.181. The first-order chi connectivity index (χ1) is 17.8. The third-order valence-corrected chi connectivity index (χ3v) is 8.88. The van der Waals surface area contributed by atoms with Crippen LogP contribution in [0.2, 0.25) is 0 Å². The van der Waals surface area contributed by atoms with E-state index in [1.54, 1.807) is 41.7 Å². The number of aromatic nitrogens is 3. The lowest BCUT2D eigenvalue weighted by Crippen LogP contribution is -2.48. The van der Waals surface area contributed by atoms with Crippen molar-refractivity contribution in [1.29, 1.82) is 0 Å². The Morgan fingerprint density at radius 1 is 0.919 bits per heavy atom. The quantitative estimate of drug-likeness (QED) is 0.403. The number of H-pyrrole nitrogens is 1. The monoisotopic (exact) mass is 521 g/mol. The Hall–Kier alpha value is -3.47. The molecular formula is C27H31N5O4S. The smallest absolute Gasteiger partial charge is 0.331 e. The minimum atomic E-state index is -3.62. The SMILES string of the molecule is CCCn1c(=O)c2[nH]c(-c3ccc(S(=O)(=O)N4CCN(Cc5ccccc5)CC4)cc3)cc2n(C)c1=O. The fraction of sp³-hybridized carbons (Fsp3) is 0.333. The summed E-state index contributed by atoms with van der Waals surface area (Å²) in [6.45, 7) is 5.31. The predicted octanol–water partition coefficient (Wildman–Crippen LogP) is 2.61. The zero-order valence-electron chi connectivity index (χ0n) is 21.1. The van der Waals surface area contributed by atoms with Crippen molar-refractivity contribution in [2.24, 2.45) is 7.05 Å². The summed E-state index contributed by atoms with van der Waals surface area (Å²) >= 11 is 0. The molecule has 0 bridgehead atoms. The number of benzene rings is 2. The Kier molecular flexibility index (Phi) is 6.89. The fourth-order valence-electron chi connectivity index (χ4n) is 4.88. The number of sulfonamides is 1. The van der Waals surface area contributed by atoms with Gasteiger partial charge in [-0.2, -0.15) is 4.31 Å². The summed E-state index contributed by atoms with van der Waals surface area (Å²) < 4.78 is 30.8. The number of nitrogens with one attached hydrogen (secondary N) is 1. The molecule has 2 aromatic carbocycles. The number of piperazine rings is 1. The summed E-state index contributed by atoms with van der Waals surface area (Å²) in [4.78, 5) is 31.1. The Balaban J connectivity index is 1.34. The molecular weight excluding hydrogens is 490 g/mol. The van der Waals surface area contributed by atoms with Crippen molar-refractivity contribution in [3.8, 4) is 11.3 Å². The molecule has 1 aliphatic heterocycles. The van der Waals surface area contributed by atoms with E-state index in [0.29, 0.717) is 55.9 Å². The van der Waals surface area contributed by atoms with Crippen LogP contribution in [0.25, 0.3) is 22.3 Å². The molecule has 37 heavy (non-hydrogen) atoms. The molecule has 1 N–H and O–H groups in total. The summed E-state index contributed by atoms with van der Waals surface area (Å²) in [6, 6.07) is 18.6. The zero-order valence-corrected chi connectivity index (χ0v) is 21.9. The molecule has 2 aromatic heterocycles. The van der Waals surface area contributed by atoms with E-state index in [4.69, 9.17) is 0 Å². The molecule has 0 saturated carbocycles. The molecule has 0 aliphatic carbocycles. The number of aryl methyl sites for hydroxylation is 1. The van der Waals surface area contributed by atoms with Crippen molar-refractivity contribution in [2.75, 3.05) is 26.2 Å². The molecule has 1 saturated heterocycles. The van der Waals surface area contributed by atoms with Crippen molar-refractivity contribution in [3.63, 3.8) is 0 Å². The highest BCUT2D eigenvalue weighted by molar-refractivity contribution is 7.89. The van der Waals surface area contributed by atoms with Crippen molar-refractivity contribution in [1.82, 2.24) is 23.3 Å². The number of nitrogens with zero attached hydrogens (tertiary/aromatic N) is 4. The first-order valence-electron chi connectivity index (χ1n) is 12.5. The highest BCUT2D eigenvalue weighted by Crippen LogP contribution is 2.25. The van der Waals surface area contributed by atoms with Crippen molar-refractivity contribution >= 4 is 21.1 Å². The molecule has 3 heterocycles. The molecule has 194 valence electrons. The van der Waals surface area contributed by atoms with E-state index in [0.717, 1.165) is 12.1 Å². The Bertz CT molecular complexity index is 1630. The average Bonchev–Trinajstić information content (AvgIpc) is 3.37. The van der Waals surface area contributed by atoms with Gasteiger partial charge in [-0.05, 0) is 35.7 Å². The van der Waals surface area contributed by atoms with Gasteiger partial charge in [0.25, 0.3) is 5.56 Å². The van der Waals surface area contributed by atoms with Crippen LogP contribution >= 0.6 is 0 Å². The van der Waals surface area contributed by atoms with Gasteiger partial charge in [-0.15, -0.1) is 0 Å². The Labute approximate surface area is 215 Å². The van der Waals surface area contributed by atoms with Crippen molar-refractivity contribution < 1.29 is 8.42 Å². The van der Waals surface area contributed by atoms with Gasteiger partial charge in [0, 0.05) is 52.0 Å². The van der Waals surface area contributed by atoms with Crippen molar-refractivity contribution in [2.45, 2.75) is 31.3 Å². The molecule has 0 amide bonds. The normalized spacial score (nSPS) is 15.4. The average molecular weight is 522 g/mol. The third-order valence-electron chi connectivity index (χ3n) is 6.97. The molecule has 0 spiro atoms. The highest BCUT2D eigenvalue weighted by atomic mass is 32.2. The van der Waals surface area contributed by atoms with Crippen LogP contribution in [0.15, 0.2) is 75.1 Å². The first kappa shape index (κ1) is 25.2. The van der Waals surface area contributed by atoms with Gasteiger partial charge in [-0.1, -0.05) is 49.4 Å². The number of rotatable bonds is 7. The lowest BCUT2D eigenvalue weighted by atomic mass is 10.1. The molecule has 1 fully saturated rings. The molecule has 0 atom stereocenters. The van der Waals surface area contributed by atoms with Crippen LogP contribution in [-0.2, 0) is 30.2 Å². The number of hydrogen-bond acceptors (Lipinski definition) is 5. The Morgan fingerprint density at radius 3 is 2.24 bits per heavy atom. The zero-order chi connectivity index (χ0) is 26.2. The van der Waals surface area contributed by atoms with Crippen LogP contribution in [0.5, 0.6) is 0 Å². The number of hydrogen-bond donors (Lipinski definition) is 1. The number of fused-ring (bicyclic) bond motifs is 1. The topological polar surface area (TPSA) is 100 Å². The van der Waals surface area contributed by atoms with Crippen LogP contribution in [0, 0.1) is 0 Å². The van der Waals surface area contributed by atoms with E-state index < -0.39 is 10.0 Å². The van der Waals surface area contributed by atoms with Crippen LogP contribution in [0.1, 0.15) is 18.9 Å². The molecule has 10 heteroatoms. The summed E-state index contributed by atoms with van der Waals surface area (Å²) in [5, 5.41) is 0. The lowest BCUT2D eigenvalue weighted by Gasteiger charge is -2.34. The van der Waals surface area contributed by atoms with Gasteiger partial charge in [0.1, 0.15) is 5.52 Å². The molecule has 0 radical (unpaired) electrons. The van der Waals surface area contributed by atoms with Crippen LogP contribution in [-0.4, -0.2) is 57.9 Å². The van der Waals surface area contributed by atoms with Crippen molar-refractivity contribution in [3.05, 3.63) is 87.1 Å². The highest BCUT2D eigenvalue weighted by Gasteiger charge is 2.28.